The number of hydrogen-bond acceptors (Lipinski definition) is 9. The van der Waals surface area contributed by atoms with E-state index in [1.165, 1.54) is 31.4 Å². The van der Waals surface area contributed by atoms with Gasteiger partial charge < -0.3 is 14.8 Å². The largest absolute Gasteiger partial charge is 0.419 e. The molecule has 0 aliphatic carbocycles. The molecule has 9 nitrogen and oxygen atoms in total. The Labute approximate surface area is 170 Å². The summed E-state index contributed by atoms with van der Waals surface area (Å²) in [5.74, 6) is -1.92. The third-order valence-electron chi connectivity index (χ3n) is 4.42. The highest BCUT2D eigenvalue weighted by Crippen LogP contribution is 2.32. The lowest BCUT2D eigenvalue weighted by molar-refractivity contribution is -0.222. The average molecular weight is 413 g/mol. The maximum absolute atomic E-state index is 12.1. The zero-order chi connectivity index (χ0) is 20.8. The van der Waals surface area contributed by atoms with Gasteiger partial charge in [0.25, 0.3) is 5.79 Å². The molecular formula is C19H19N5O4S. The summed E-state index contributed by atoms with van der Waals surface area (Å²) in [6, 6.07) is 5.67. The first-order chi connectivity index (χ1) is 13.8. The highest BCUT2D eigenvalue weighted by molar-refractivity contribution is 7.19. The molecule has 0 radical (unpaired) electrons. The molecule has 1 aliphatic rings. The van der Waals surface area contributed by atoms with Gasteiger partial charge in [0, 0.05) is 37.7 Å². The molecule has 0 saturated carbocycles. The number of benzene rings is 1. The summed E-state index contributed by atoms with van der Waals surface area (Å²) in [6.07, 6.45) is 2.04. The number of nitrogens with zero attached hydrogens (tertiary/aromatic N) is 4. The second-order valence-electron chi connectivity index (χ2n) is 6.93. The van der Waals surface area contributed by atoms with Gasteiger partial charge in [-0.3, -0.25) is 0 Å². The van der Waals surface area contributed by atoms with Gasteiger partial charge in [-0.05, 0) is 18.6 Å². The maximum atomic E-state index is 12.1. The van der Waals surface area contributed by atoms with Crippen LogP contribution in [-0.4, -0.2) is 37.5 Å². The maximum Gasteiger partial charge on any atom is 0.350 e. The number of carbonyl (C=O) groups excluding carboxylic acids is 2. The fraction of sp³-hybridized carbons (Fsp3) is 0.316. The van der Waals surface area contributed by atoms with Gasteiger partial charge in [0.2, 0.25) is 4.96 Å². The molecule has 2 aromatic heterocycles. The van der Waals surface area contributed by atoms with E-state index in [1.807, 2.05) is 32.0 Å². The Morgan fingerprint density at radius 1 is 1.21 bits per heavy atom. The number of hydrogen-bond donors (Lipinski definition) is 1. The molecule has 4 rings (SSSR count). The SMILES string of the molecule is CCc1nnc2sc(-c3cccc(NC=C4C(=O)OC(C)(C)OC4=O)c3C)nn12. The second kappa shape index (κ2) is 6.96. The minimum Gasteiger partial charge on any atom is -0.419 e. The van der Waals surface area contributed by atoms with Crippen molar-refractivity contribution >= 4 is 33.9 Å². The highest BCUT2D eigenvalue weighted by Gasteiger charge is 2.39. The van der Waals surface area contributed by atoms with Crippen molar-refractivity contribution in [2.24, 2.45) is 0 Å². The third kappa shape index (κ3) is 3.46. The number of cyclic esters (lactones) is 2. The fourth-order valence-corrected chi connectivity index (χ4v) is 3.88. The summed E-state index contributed by atoms with van der Waals surface area (Å²) < 4.78 is 11.9. The molecule has 0 bridgehead atoms. The number of aryl methyl sites for hydroxylation is 1. The van der Waals surface area contributed by atoms with Gasteiger partial charge in [-0.1, -0.05) is 30.4 Å². The standard InChI is InChI=1S/C19H19N5O4S/c1-5-14-21-22-18-24(14)23-15(29-18)11-7-6-8-13(10(11)2)20-9-12-16(25)27-19(3,4)28-17(12)26/h6-9,20H,5H2,1-4H3. The van der Waals surface area contributed by atoms with E-state index >= 15 is 0 Å². The van der Waals surface area contributed by atoms with Crippen LogP contribution >= 0.6 is 11.3 Å². The Kier molecular flexibility index (Phi) is 4.58. The second-order valence-corrected chi connectivity index (χ2v) is 7.89. The van der Waals surface area contributed by atoms with Crippen LogP contribution in [0.1, 0.15) is 32.2 Å². The normalized spacial score (nSPS) is 15.9. The lowest BCUT2D eigenvalue weighted by Gasteiger charge is -2.29. The quantitative estimate of drug-likeness (QED) is 0.395. The van der Waals surface area contributed by atoms with Crippen molar-refractivity contribution in [3.63, 3.8) is 0 Å². The first-order valence-electron chi connectivity index (χ1n) is 9.03. The van der Waals surface area contributed by atoms with Crippen molar-refractivity contribution in [3.05, 3.63) is 41.4 Å². The third-order valence-corrected chi connectivity index (χ3v) is 5.36. The smallest absolute Gasteiger partial charge is 0.350 e. The highest BCUT2D eigenvalue weighted by atomic mass is 32.1. The molecule has 150 valence electrons. The molecule has 1 fully saturated rings. The fourth-order valence-electron chi connectivity index (χ4n) is 2.94. The number of ether oxygens (including phenoxy) is 2. The van der Waals surface area contributed by atoms with Crippen LogP contribution in [0.5, 0.6) is 0 Å². The first-order valence-corrected chi connectivity index (χ1v) is 9.85. The van der Waals surface area contributed by atoms with Gasteiger partial charge in [-0.2, -0.15) is 9.61 Å². The van der Waals surface area contributed by atoms with E-state index in [0.717, 1.165) is 39.0 Å². The molecule has 1 saturated heterocycles. The van der Waals surface area contributed by atoms with Gasteiger partial charge in [-0.25, -0.2) is 9.59 Å². The van der Waals surface area contributed by atoms with E-state index in [0.29, 0.717) is 0 Å². The number of carbonyl (C=O) groups is 2. The number of nitrogens with one attached hydrogen (secondary N) is 1. The number of esters is 2. The molecular weight excluding hydrogens is 394 g/mol. The Hall–Kier alpha value is -3.27. The van der Waals surface area contributed by atoms with Gasteiger partial charge in [0.05, 0.1) is 0 Å². The Balaban J connectivity index is 1.64. The number of anilines is 1. The minimum atomic E-state index is -1.27. The molecule has 3 aromatic rings. The molecule has 0 amide bonds. The van der Waals surface area contributed by atoms with Gasteiger partial charge >= 0.3 is 11.9 Å². The van der Waals surface area contributed by atoms with Crippen molar-refractivity contribution < 1.29 is 19.1 Å². The lowest BCUT2D eigenvalue weighted by Crippen LogP contribution is -2.42. The topological polar surface area (TPSA) is 108 Å². The molecule has 0 atom stereocenters. The van der Waals surface area contributed by atoms with E-state index in [4.69, 9.17) is 9.47 Å². The van der Waals surface area contributed by atoms with Crippen molar-refractivity contribution in [2.75, 3.05) is 5.32 Å². The lowest BCUT2D eigenvalue weighted by atomic mass is 10.1. The zero-order valence-corrected chi connectivity index (χ0v) is 17.2. The van der Waals surface area contributed by atoms with Crippen LogP contribution in [0.25, 0.3) is 15.5 Å². The minimum absolute atomic E-state index is 0.194. The van der Waals surface area contributed by atoms with Gasteiger partial charge in [-0.15, -0.1) is 10.2 Å². The van der Waals surface area contributed by atoms with E-state index in [2.05, 4.69) is 20.6 Å². The van der Waals surface area contributed by atoms with Crippen molar-refractivity contribution in [1.82, 2.24) is 19.8 Å². The van der Waals surface area contributed by atoms with E-state index < -0.39 is 17.7 Å². The Bertz CT molecular complexity index is 1140. The predicted molar refractivity (Wildman–Crippen MR) is 106 cm³/mol. The first kappa shape index (κ1) is 19.1. The van der Waals surface area contributed by atoms with Crippen molar-refractivity contribution in [3.8, 4) is 10.6 Å². The van der Waals surface area contributed by atoms with Crippen LogP contribution in [0, 0.1) is 6.92 Å². The summed E-state index contributed by atoms with van der Waals surface area (Å²) in [5, 5.41) is 16.7. The summed E-state index contributed by atoms with van der Waals surface area (Å²) in [4.78, 5) is 24.9. The zero-order valence-electron chi connectivity index (χ0n) is 16.3. The summed E-state index contributed by atoms with van der Waals surface area (Å²) in [7, 11) is 0. The molecule has 1 N–H and O–H groups in total. The number of fused-ring (bicyclic) bond motifs is 1. The Morgan fingerprint density at radius 3 is 2.62 bits per heavy atom. The summed E-state index contributed by atoms with van der Waals surface area (Å²) in [5.41, 5.74) is 2.36. The van der Waals surface area contributed by atoms with Crippen LogP contribution < -0.4 is 5.32 Å². The van der Waals surface area contributed by atoms with Crippen LogP contribution in [0.4, 0.5) is 5.69 Å². The molecule has 0 spiro atoms. The van der Waals surface area contributed by atoms with Crippen LogP contribution in [0.2, 0.25) is 0 Å². The predicted octanol–water partition coefficient (Wildman–Crippen LogP) is 2.86. The van der Waals surface area contributed by atoms with Crippen LogP contribution in [-0.2, 0) is 25.5 Å². The summed E-state index contributed by atoms with van der Waals surface area (Å²) >= 11 is 1.44. The van der Waals surface area contributed by atoms with Crippen LogP contribution in [0.3, 0.4) is 0 Å². The van der Waals surface area contributed by atoms with E-state index in [-0.39, 0.29) is 5.57 Å². The van der Waals surface area contributed by atoms with E-state index in [1.54, 1.807) is 4.52 Å². The monoisotopic (exact) mass is 413 g/mol. The average Bonchev–Trinajstić information content (AvgIpc) is 3.21. The number of aromatic nitrogens is 4. The van der Waals surface area contributed by atoms with E-state index in [9.17, 15) is 9.59 Å². The number of rotatable bonds is 4. The van der Waals surface area contributed by atoms with Crippen molar-refractivity contribution in [1.29, 1.82) is 0 Å². The molecule has 1 aliphatic heterocycles. The molecule has 10 heteroatoms. The van der Waals surface area contributed by atoms with Crippen LogP contribution in [0.15, 0.2) is 30.0 Å². The molecule has 1 aromatic carbocycles. The molecule has 3 heterocycles. The van der Waals surface area contributed by atoms with Gasteiger partial charge in [0.1, 0.15) is 5.01 Å². The summed E-state index contributed by atoms with van der Waals surface area (Å²) in [6.45, 7) is 6.94. The molecule has 0 unspecified atom stereocenters. The molecule has 29 heavy (non-hydrogen) atoms. The Morgan fingerprint density at radius 2 is 1.93 bits per heavy atom. The van der Waals surface area contributed by atoms with Gasteiger partial charge in [0.15, 0.2) is 11.4 Å². The van der Waals surface area contributed by atoms with Crippen molar-refractivity contribution in [2.45, 2.75) is 39.9 Å².